The van der Waals surface area contributed by atoms with Crippen LogP contribution in [0.5, 0.6) is 5.75 Å². The van der Waals surface area contributed by atoms with Crippen molar-refractivity contribution < 1.29 is 9.47 Å². The van der Waals surface area contributed by atoms with Crippen LogP contribution in [0.1, 0.15) is 50.5 Å². The van der Waals surface area contributed by atoms with E-state index >= 15 is 0 Å². The third-order valence-electron chi connectivity index (χ3n) is 6.97. The molecule has 10 nitrogen and oxygen atoms in total. The lowest BCUT2D eigenvalue weighted by Gasteiger charge is -2.38. The van der Waals surface area contributed by atoms with Gasteiger partial charge in [0, 0.05) is 49.3 Å². The number of ether oxygens (including phenoxy) is 2. The third kappa shape index (κ3) is 5.24. The van der Waals surface area contributed by atoms with Gasteiger partial charge in [-0.3, -0.25) is 9.69 Å². The number of rotatable bonds is 9. The number of hydrogen-bond donors (Lipinski definition) is 1. The molecule has 1 aromatic carbocycles. The third-order valence-corrected chi connectivity index (χ3v) is 6.97. The Morgan fingerprint density at radius 3 is 2.80 bits per heavy atom. The van der Waals surface area contributed by atoms with Gasteiger partial charge in [0.15, 0.2) is 5.82 Å². The quantitative estimate of drug-likeness (QED) is 0.496. The van der Waals surface area contributed by atoms with E-state index in [0.29, 0.717) is 24.5 Å². The Balaban J connectivity index is 1.54. The van der Waals surface area contributed by atoms with Crippen molar-refractivity contribution in [2.24, 2.45) is 0 Å². The summed E-state index contributed by atoms with van der Waals surface area (Å²) < 4.78 is 13.4. The summed E-state index contributed by atoms with van der Waals surface area (Å²) in [6, 6.07) is 7.38. The van der Waals surface area contributed by atoms with Crippen molar-refractivity contribution in [1.29, 1.82) is 0 Å². The van der Waals surface area contributed by atoms with Crippen LogP contribution in [0.25, 0.3) is 10.9 Å². The van der Waals surface area contributed by atoms with Crippen molar-refractivity contribution in [1.82, 2.24) is 35.0 Å². The van der Waals surface area contributed by atoms with E-state index in [9.17, 15) is 4.79 Å². The van der Waals surface area contributed by atoms with Crippen LogP contribution in [0.15, 0.2) is 29.1 Å². The summed E-state index contributed by atoms with van der Waals surface area (Å²) in [5, 5.41) is 13.7. The van der Waals surface area contributed by atoms with Crippen molar-refractivity contribution in [3.8, 4) is 5.75 Å². The summed E-state index contributed by atoms with van der Waals surface area (Å²) in [6.07, 6.45) is 3.28. The molecular weight excluding hydrogens is 446 g/mol. The Kier molecular flexibility index (Phi) is 7.40. The number of pyridine rings is 1. The molecule has 188 valence electrons. The zero-order chi connectivity index (χ0) is 24.2. The lowest BCUT2D eigenvalue weighted by Crippen LogP contribution is -2.49. The smallest absolute Gasteiger partial charge is 0.253 e. The van der Waals surface area contributed by atoms with Crippen LogP contribution in [0.3, 0.4) is 0 Å². The first-order chi connectivity index (χ1) is 17.2. The monoisotopic (exact) mass is 481 g/mol. The molecule has 35 heavy (non-hydrogen) atoms. The lowest BCUT2D eigenvalue weighted by molar-refractivity contribution is 0.0852. The standard InChI is InChI=1S/C25H35N7O3/c1-3-9-30-10-12-31(13-11-30)23(24-27-28-29-32(24)17-20-6-5-14-35-20)21-16-18-15-19(34-4-2)7-8-22(18)26-25(21)33/h7-8,15-16,20,23H,3-6,9-14,17H2,1-2H3,(H,26,33). The highest BCUT2D eigenvalue weighted by Gasteiger charge is 2.33. The second-order valence-corrected chi connectivity index (χ2v) is 9.37. The van der Waals surface area contributed by atoms with Crippen molar-refractivity contribution in [3.63, 3.8) is 0 Å². The van der Waals surface area contributed by atoms with Gasteiger partial charge in [0.1, 0.15) is 11.8 Å². The average molecular weight is 482 g/mol. The largest absolute Gasteiger partial charge is 0.494 e. The van der Waals surface area contributed by atoms with Crippen molar-refractivity contribution in [3.05, 3.63) is 46.0 Å². The first kappa shape index (κ1) is 23.9. The summed E-state index contributed by atoms with van der Waals surface area (Å²) in [5.41, 5.74) is 1.32. The Morgan fingerprint density at radius 1 is 1.20 bits per heavy atom. The molecular formula is C25H35N7O3. The van der Waals surface area contributed by atoms with E-state index in [1.54, 1.807) is 0 Å². The zero-order valence-corrected chi connectivity index (χ0v) is 20.7. The van der Waals surface area contributed by atoms with Gasteiger partial charge < -0.3 is 19.4 Å². The first-order valence-corrected chi connectivity index (χ1v) is 12.8. The Hall–Kier alpha value is -2.82. The van der Waals surface area contributed by atoms with E-state index in [1.807, 2.05) is 35.9 Å². The fourth-order valence-corrected chi connectivity index (χ4v) is 5.24. The number of nitrogens with one attached hydrogen (secondary N) is 1. The predicted octanol–water partition coefficient (Wildman–Crippen LogP) is 2.21. The average Bonchev–Trinajstić information content (AvgIpc) is 3.54. The number of hydrogen-bond acceptors (Lipinski definition) is 8. The second-order valence-electron chi connectivity index (χ2n) is 9.37. The number of H-pyrrole nitrogens is 1. The van der Waals surface area contributed by atoms with Crippen molar-refractivity contribution in [2.45, 2.75) is 51.8 Å². The fourth-order valence-electron chi connectivity index (χ4n) is 5.24. The highest BCUT2D eigenvalue weighted by molar-refractivity contribution is 5.80. The van der Waals surface area contributed by atoms with Crippen LogP contribution in [-0.4, -0.2) is 87.0 Å². The second kappa shape index (κ2) is 10.8. The number of benzene rings is 1. The SMILES string of the molecule is CCCN1CCN(C(c2cc3cc(OCC)ccc3[nH]c2=O)c2nnnn2CC2CCCO2)CC1. The number of aromatic amines is 1. The van der Waals surface area contributed by atoms with Gasteiger partial charge in [-0.1, -0.05) is 6.92 Å². The summed E-state index contributed by atoms with van der Waals surface area (Å²) >= 11 is 0. The summed E-state index contributed by atoms with van der Waals surface area (Å²) in [7, 11) is 0. The molecule has 0 spiro atoms. The van der Waals surface area contributed by atoms with E-state index in [0.717, 1.165) is 75.2 Å². The zero-order valence-electron chi connectivity index (χ0n) is 20.7. The van der Waals surface area contributed by atoms with Gasteiger partial charge in [-0.05, 0) is 67.4 Å². The molecule has 0 aliphatic carbocycles. The highest BCUT2D eigenvalue weighted by atomic mass is 16.5. The summed E-state index contributed by atoms with van der Waals surface area (Å²) in [5.74, 6) is 1.47. The van der Waals surface area contributed by atoms with Crippen LogP contribution in [-0.2, 0) is 11.3 Å². The molecule has 10 heteroatoms. The Morgan fingerprint density at radius 2 is 2.06 bits per heavy atom. The number of nitrogens with zero attached hydrogens (tertiary/aromatic N) is 6. The predicted molar refractivity (Wildman–Crippen MR) is 133 cm³/mol. The van der Waals surface area contributed by atoms with Gasteiger partial charge in [0.05, 0.1) is 19.3 Å². The van der Waals surface area contributed by atoms with Crippen LogP contribution in [0.2, 0.25) is 0 Å². The molecule has 2 atom stereocenters. The molecule has 2 saturated heterocycles. The van der Waals surface area contributed by atoms with E-state index in [-0.39, 0.29) is 17.7 Å². The molecule has 0 saturated carbocycles. The topological polar surface area (TPSA) is 101 Å². The lowest BCUT2D eigenvalue weighted by atomic mass is 10.0. The molecule has 5 rings (SSSR count). The van der Waals surface area contributed by atoms with Gasteiger partial charge in [-0.25, -0.2) is 4.68 Å². The maximum Gasteiger partial charge on any atom is 0.253 e. The van der Waals surface area contributed by atoms with Crippen LogP contribution in [0.4, 0.5) is 0 Å². The van der Waals surface area contributed by atoms with Crippen molar-refractivity contribution in [2.75, 3.05) is 45.9 Å². The molecule has 0 amide bonds. The van der Waals surface area contributed by atoms with Gasteiger partial charge in [-0.2, -0.15) is 0 Å². The molecule has 0 bridgehead atoms. The maximum atomic E-state index is 13.4. The van der Waals surface area contributed by atoms with Crippen LogP contribution < -0.4 is 10.3 Å². The molecule has 0 radical (unpaired) electrons. The molecule has 4 heterocycles. The highest BCUT2D eigenvalue weighted by Crippen LogP contribution is 2.29. The van der Waals surface area contributed by atoms with Crippen molar-refractivity contribution >= 4 is 10.9 Å². The first-order valence-electron chi connectivity index (χ1n) is 12.8. The molecule has 1 N–H and O–H groups in total. The van der Waals surface area contributed by atoms with Gasteiger partial charge in [0.2, 0.25) is 0 Å². The van der Waals surface area contributed by atoms with Crippen LogP contribution in [0, 0.1) is 0 Å². The number of tetrazole rings is 1. The van der Waals surface area contributed by atoms with E-state index in [2.05, 4.69) is 37.2 Å². The number of fused-ring (bicyclic) bond motifs is 1. The summed E-state index contributed by atoms with van der Waals surface area (Å²) in [6.45, 7) is 10.8. The van der Waals surface area contributed by atoms with Gasteiger partial charge in [0.25, 0.3) is 5.56 Å². The maximum absolute atomic E-state index is 13.4. The molecule has 2 aliphatic rings. The molecule has 2 aliphatic heterocycles. The van der Waals surface area contributed by atoms with E-state index in [1.165, 1.54) is 0 Å². The van der Waals surface area contributed by atoms with E-state index < -0.39 is 0 Å². The fraction of sp³-hybridized carbons (Fsp3) is 0.600. The molecule has 2 unspecified atom stereocenters. The normalized spacial score (nSPS) is 20.5. The Bertz CT molecular complexity index is 1180. The minimum atomic E-state index is -0.348. The molecule has 2 aromatic heterocycles. The molecule has 2 fully saturated rings. The van der Waals surface area contributed by atoms with Gasteiger partial charge in [-0.15, -0.1) is 5.10 Å². The number of aromatic nitrogens is 5. The summed E-state index contributed by atoms with van der Waals surface area (Å²) in [4.78, 5) is 21.3. The minimum Gasteiger partial charge on any atom is -0.494 e. The molecule has 3 aromatic rings. The Labute approximate surface area is 205 Å². The van der Waals surface area contributed by atoms with Gasteiger partial charge >= 0.3 is 0 Å². The number of piperazine rings is 1. The van der Waals surface area contributed by atoms with E-state index in [4.69, 9.17) is 9.47 Å². The van der Waals surface area contributed by atoms with Crippen LogP contribution >= 0.6 is 0 Å². The minimum absolute atomic E-state index is 0.0999.